The van der Waals surface area contributed by atoms with E-state index in [-0.39, 0.29) is 21.9 Å². The molecule has 150 valence electrons. The maximum Gasteiger partial charge on any atom is 0.325 e. The number of hydrogen-bond donors (Lipinski definition) is 1. The van der Waals surface area contributed by atoms with Crippen molar-refractivity contribution >= 4 is 34.6 Å². The van der Waals surface area contributed by atoms with Crippen molar-refractivity contribution in [2.75, 3.05) is 0 Å². The molecule has 4 rings (SSSR count). The van der Waals surface area contributed by atoms with Crippen molar-refractivity contribution in [3.63, 3.8) is 0 Å². The van der Waals surface area contributed by atoms with Gasteiger partial charge in [-0.2, -0.15) is 8.78 Å². The lowest BCUT2D eigenvalue weighted by atomic mass is 9.92. The first-order chi connectivity index (χ1) is 13.7. The molecule has 1 N–H and O–H groups in total. The molecular formula is C19H14ClF3N4O2. The number of carbonyl (C=O) groups excluding carboxylic acids is 2. The van der Waals surface area contributed by atoms with Crippen molar-refractivity contribution in [2.24, 2.45) is 0 Å². The summed E-state index contributed by atoms with van der Waals surface area (Å²) in [5, 5.41) is 2.48. The molecule has 2 heterocycles. The third-order valence-electron chi connectivity index (χ3n) is 4.91. The van der Waals surface area contributed by atoms with Gasteiger partial charge < -0.3 is 5.32 Å². The van der Waals surface area contributed by atoms with E-state index in [1.807, 2.05) is 0 Å². The molecule has 29 heavy (non-hydrogen) atoms. The van der Waals surface area contributed by atoms with Crippen LogP contribution in [-0.2, 0) is 16.9 Å². The first-order valence-corrected chi connectivity index (χ1v) is 8.94. The van der Waals surface area contributed by atoms with Gasteiger partial charge >= 0.3 is 12.6 Å². The predicted octanol–water partition coefficient (Wildman–Crippen LogP) is 4.19. The van der Waals surface area contributed by atoms with Crippen LogP contribution in [0.15, 0.2) is 42.5 Å². The number of benzene rings is 2. The Bertz CT molecular complexity index is 1150. The number of hydrogen-bond acceptors (Lipinski definition) is 3. The fourth-order valence-corrected chi connectivity index (χ4v) is 3.84. The van der Waals surface area contributed by atoms with E-state index in [2.05, 4.69) is 10.3 Å². The minimum Gasteiger partial charge on any atom is -0.319 e. The van der Waals surface area contributed by atoms with Crippen LogP contribution in [0.1, 0.15) is 24.9 Å². The molecule has 0 saturated carbocycles. The highest BCUT2D eigenvalue weighted by molar-refractivity contribution is 6.32. The van der Waals surface area contributed by atoms with Crippen LogP contribution < -0.4 is 5.32 Å². The second-order valence-corrected chi connectivity index (χ2v) is 7.14. The van der Waals surface area contributed by atoms with Crippen LogP contribution in [0, 0.1) is 5.82 Å². The third kappa shape index (κ3) is 3.02. The van der Waals surface area contributed by atoms with Gasteiger partial charge in [0.15, 0.2) is 0 Å². The SMILES string of the molecule is CC1(c2ccc(F)cc2Cl)NC(=O)N(Cc2nc3ccccc3n2C(F)F)C1=O. The number of aromatic nitrogens is 2. The van der Waals surface area contributed by atoms with Gasteiger partial charge in [-0.3, -0.25) is 14.3 Å². The minimum atomic E-state index is -2.91. The summed E-state index contributed by atoms with van der Waals surface area (Å²) in [6.45, 7) is -1.95. The van der Waals surface area contributed by atoms with E-state index in [0.29, 0.717) is 10.1 Å². The zero-order chi connectivity index (χ0) is 20.9. The average Bonchev–Trinajstić information content (AvgIpc) is 3.12. The van der Waals surface area contributed by atoms with E-state index in [1.165, 1.54) is 19.1 Å². The standard InChI is InChI=1S/C19H14ClF3N4O2/c1-19(11-7-6-10(21)8-12(11)20)16(28)26(18(29)25-19)9-15-24-13-4-2-3-5-14(13)27(15)17(22)23/h2-8,17H,9H2,1H3,(H,25,29). The Morgan fingerprint density at radius 1 is 1.21 bits per heavy atom. The van der Waals surface area contributed by atoms with Crippen LogP contribution in [0.3, 0.4) is 0 Å². The van der Waals surface area contributed by atoms with Gasteiger partial charge in [0.05, 0.1) is 17.6 Å². The van der Waals surface area contributed by atoms with Crippen molar-refractivity contribution in [1.29, 1.82) is 0 Å². The lowest BCUT2D eigenvalue weighted by Gasteiger charge is -2.23. The molecule has 1 atom stereocenters. The van der Waals surface area contributed by atoms with Crippen LogP contribution in [0.25, 0.3) is 11.0 Å². The molecule has 0 spiro atoms. The van der Waals surface area contributed by atoms with Crippen molar-refractivity contribution in [3.8, 4) is 0 Å². The maximum atomic E-state index is 13.6. The summed E-state index contributed by atoms with van der Waals surface area (Å²) in [5.41, 5.74) is -0.860. The predicted molar refractivity (Wildman–Crippen MR) is 98.8 cm³/mol. The summed E-state index contributed by atoms with van der Waals surface area (Å²) in [7, 11) is 0. The lowest BCUT2D eigenvalue weighted by molar-refractivity contribution is -0.131. The van der Waals surface area contributed by atoms with Gasteiger partial charge in [-0.1, -0.05) is 29.8 Å². The third-order valence-corrected chi connectivity index (χ3v) is 5.22. The van der Waals surface area contributed by atoms with E-state index >= 15 is 0 Å². The molecule has 1 fully saturated rings. The number of halogens is 4. The van der Waals surface area contributed by atoms with Crippen LogP contribution in [0.5, 0.6) is 0 Å². The first-order valence-electron chi connectivity index (χ1n) is 8.56. The zero-order valence-corrected chi connectivity index (χ0v) is 15.8. The highest BCUT2D eigenvalue weighted by Crippen LogP contribution is 2.35. The average molecular weight is 423 g/mol. The minimum absolute atomic E-state index is 0.0391. The highest BCUT2D eigenvalue weighted by atomic mass is 35.5. The molecule has 1 aromatic heterocycles. The fraction of sp³-hybridized carbons (Fsp3) is 0.211. The van der Waals surface area contributed by atoms with E-state index < -0.39 is 36.4 Å². The second-order valence-electron chi connectivity index (χ2n) is 6.74. The number of nitrogens with zero attached hydrogens (tertiary/aromatic N) is 3. The number of fused-ring (bicyclic) bond motifs is 1. The number of rotatable bonds is 4. The molecule has 2 aromatic carbocycles. The number of nitrogens with one attached hydrogen (secondary N) is 1. The molecule has 1 unspecified atom stereocenters. The number of amides is 3. The molecule has 3 amide bonds. The summed E-state index contributed by atoms with van der Waals surface area (Å²) in [4.78, 5) is 30.5. The number of para-hydroxylation sites is 2. The van der Waals surface area contributed by atoms with E-state index in [4.69, 9.17) is 11.6 Å². The quantitative estimate of drug-likeness (QED) is 0.641. The van der Waals surface area contributed by atoms with Crippen LogP contribution >= 0.6 is 11.6 Å². The monoisotopic (exact) mass is 422 g/mol. The zero-order valence-electron chi connectivity index (χ0n) is 15.0. The number of carbonyl (C=O) groups is 2. The van der Waals surface area contributed by atoms with Gasteiger partial charge in [0.25, 0.3) is 5.91 Å². The van der Waals surface area contributed by atoms with E-state index in [1.54, 1.807) is 18.2 Å². The fourth-order valence-electron chi connectivity index (χ4n) is 3.48. The first kappa shape index (κ1) is 19.3. The Morgan fingerprint density at radius 3 is 2.62 bits per heavy atom. The van der Waals surface area contributed by atoms with Gasteiger partial charge in [0.2, 0.25) is 0 Å². The topological polar surface area (TPSA) is 67.2 Å². The Balaban J connectivity index is 1.72. The lowest BCUT2D eigenvalue weighted by Crippen LogP contribution is -2.41. The summed E-state index contributed by atoms with van der Waals surface area (Å²) >= 11 is 6.06. The number of imide groups is 1. The number of imidazole rings is 1. The van der Waals surface area contributed by atoms with Crippen molar-refractivity contribution in [3.05, 3.63) is 64.7 Å². The molecule has 10 heteroatoms. The van der Waals surface area contributed by atoms with Crippen molar-refractivity contribution in [1.82, 2.24) is 19.8 Å². The van der Waals surface area contributed by atoms with Gasteiger partial charge in [0, 0.05) is 10.6 Å². The largest absolute Gasteiger partial charge is 0.325 e. The molecule has 0 bridgehead atoms. The molecular weight excluding hydrogens is 409 g/mol. The second kappa shape index (κ2) is 6.77. The Hall–Kier alpha value is -3.07. The van der Waals surface area contributed by atoms with Gasteiger partial charge in [0.1, 0.15) is 17.2 Å². The molecule has 1 saturated heterocycles. The molecule has 0 radical (unpaired) electrons. The molecule has 0 aliphatic carbocycles. The smallest absolute Gasteiger partial charge is 0.319 e. The van der Waals surface area contributed by atoms with Crippen LogP contribution in [0.4, 0.5) is 18.0 Å². The van der Waals surface area contributed by atoms with Gasteiger partial charge in [-0.15, -0.1) is 0 Å². The van der Waals surface area contributed by atoms with Crippen LogP contribution in [0.2, 0.25) is 5.02 Å². The highest BCUT2D eigenvalue weighted by Gasteiger charge is 2.50. The van der Waals surface area contributed by atoms with Gasteiger partial charge in [-0.25, -0.2) is 14.2 Å². The molecule has 1 aliphatic heterocycles. The Labute approximate surface area is 167 Å². The van der Waals surface area contributed by atoms with Crippen molar-refractivity contribution in [2.45, 2.75) is 25.6 Å². The summed E-state index contributed by atoms with van der Waals surface area (Å²) in [6, 6.07) is 8.94. The summed E-state index contributed by atoms with van der Waals surface area (Å²) in [5.74, 6) is -1.44. The van der Waals surface area contributed by atoms with Crippen LogP contribution in [-0.4, -0.2) is 26.4 Å². The van der Waals surface area contributed by atoms with Crippen molar-refractivity contribution < 1.29 is 22.8 Å². The summed E-state index contributed by atoms with van der Waals surface area (Å²) < 4.78 is 41.3. The molecule has 1 aliphatic rings. The van der Waals surface area contributed by atoms with E-state index in [0.717, 1.165) is 17.0 Å². The number of alkyl halides is 2. The Morgan fingerprint density at radius 2 is 1.93 bits per heavy atom. The van der Waals surface area contributed by atoms with Gasteiger partial charge in [-0.05, 0) is 31.2 Å². The summed E-state index contributed by atoms with van der Waals surface area (Å²) in [6.07, 6.45) is 0. The Kier molecular flexibility index (Phi) is 4.49. The molecule has 6 nitrogen and oxygen atoms in total. The van der Waals surface area contributed by atoms with E-state index in [9.17, 15) is 22.8 Å². The normalized spacial score (nSPS) is 19.4. The maximum absolute atomic E-state index is 13.6. The number of urea groups is 1. The molecule has 3 aromatic rings.